The van der Waals surface area contributed by atoms with E-state index in [0.717, 1.165) is 6.07 Å². The molecular weight excluding hydrogens is 284 g/mol. The lowest BCUT2D eigenvalue weighted by atomic mass is 9.96. The van der Waals surface area contributed by atoms with Crippen LogP contribution in [0.2, 0.25) is 0 Å². The molecule has 0 aromatic carbocycles. The molecule has 1 aromatic heterocycles. The van der Waals surface area contributed by atoms with E-state index in [-0.39, 0.29) is 17.2 Å². The van der Waals surface area contributed by atoms with E-state index >= 15 is 0 Å². The topological polar surface area (TPSA) is 109 Å². The molecule has 0 saturated heterocycles. The molecule has 0 fully saturated rings. The van der Waals surface area contributed by atoms with Gasteiger partial charge in [0.1, 0.15) is 10.6 Å². The third-order valence-corrected chi connectivity index (χ3v) is 5.06. The molecule has 114 valence electrons. The van der Waals surface area contributed by atoms with E-state index < -0.39 is 21.5 Å². The largest absolute Gasteiger partial charge is 0.477 e. The van der Waals surface area contributed by atoms with Crippen LogP contribution < -0.4 is 4.72 Å². The molecule has 7 nitrogen and oxygen atoms in total. The average molecular weight is 304 g/mol. The van der Waals surface area contributed by atoms with Crippen LogP contribution in [0.5, 0.6) is 0 Å². The Morgan fingerprint density at radius 1 is 1.40 bits per heavy atom. The number of aryl methyl sites for hydroxylation is 1. The SMILES string of the molecule is CCC(CC)(CO)NS(=O)(=O)c1cc(C(=O)O)n(C)c1. The van der Waals surface area contributed by atoms with Crippen LogP contribution in [0, 0.1) is 0 Å². The molecule has 0 bridgehead atoms. The van der Waals surface area contributed by atoms with Crippen LogP contribution in [0.4, 0.5) is 0 Å². The first-order valence-corrected chi connectivity index (χ1v) is 7.74. The van der Waals surface area contributed by atoms with Gasteiger partial charge in [-0.1, -0.05) is 13.8 Å². The van der Waals surface area contributed by atoms with Crippen molar-refractivity contribution in [1.29, 1.82) is 0 Å². The molecule has 0 saturated carbocycles. The second-order valence-corrected chi connectivity index (χ2v) is 6.41. The second kappa shape index (κ2) is 5.94. The summed E-state index contributed by atoms with van der Waals surface area (Å²) in [5, 5.41) is 18.3. The Labute approximate surface area is 118 Å². The molecule has 8 heteroatoms. The van der Waals surface area contributed by atoms with Gasteiger partial charge in [-0.25, -0.2) is 17.9 Å². The van der Waals surface area contributed by atoms with Crippen molar-refractivity contribution in [2.45, 2.75) is 37.1 Å². The van der Waals surface area contributed by atoms with E-state index in [9.17, 15) is 18.3 Å². The number of hydrogen-bond acceptors (Lipinski definition) is 4. The summed E-state index contributed by atoms with van der Waals surface area (Å²) in [6, 6.07) is 1.10. The maximum Gasteiger partial charge on any atom is 0.352 e. The number of hydrogen-bond donors (Lipinski definition) is 3. The number of carbonyl (C=O) groups is 1. The standard InChI is InChI=1S/C12H20N2O5S/c1-4-12(5-2,8-15)13-20(18,19)9-6-10(11(16)17)14(3)7-9/h6-7,13,15H,4-5,8H2,1-3H3,(H,16,17). The number of carboxylic acids is 1. The van der Waals surface area contributed by atoms with Crippen LogP contribution in [0.3, 0.4) is 0 Å². The van der Waals surface area contributed by atoms with E-state index in [0.29, 0.717) is 12.8 Å². The van der Waals surface area contributed by atoms with Gasteiger partial charge >= 0.3 is 5.97 Å². The first-order chi connectivity index (χ1) is 9.21. The predicted molar refractivity (Wildman–Crippen MR) is 73.1 cm³/mol. The second-order valence-electron chi connectivity index (χ2n) is 4.73. The van der Waals surface area contributed by atoms with Gasteiger partial charge in [0, 0.05) is 13.2 Å². The van der Waals surface area contributed by atoms with Crippen molar-refractivity contribution in [1.82, 2.24) is 9.29 Å². The molecule has 0 spiro atoms. The number of carboxylic acid groups (broad SMARTS) is 1. The molecule has 0 atom stereocenters. The van der Waals surface area contributed by atoms with Gasteiger partial charge in [-0.05, 0) is 18.9 Å². The Morgan fingerprint density at radius 3 is 2.30 bits per heavy atom. The van der Waals surface area contributed by atoms with Crippen molar-refractivity contribution in [2.24, 2.45) is 7.05 Å². The van der Waals surface area contributed by atoms with Gasteiger partial charge in [-0.3, -0.25) is 0 Å². The third-order valence-electron chi connectivity index (χ3n) is 3.52. The molecule has 0 aliphatic heterocycles. The molecule has 1 heterocycles. The highest BCUT2D eigenvalue weighted by Gasteiger charge is 2.32. The highest BCUT2D eigenvalue weighted by atomic mass is 32.2. The molecule has 0 aliphatic carbocycles. The summed E-state index contributed by atoms with van der Waals surface area (Å²) in [5.74, 6) is -1.20. The number of aromatic carboxylic acids is 1. The van der Waals surface area contributed by atoms with Crippen LogP contribution in [-0.4, -0.2) is 41.3 Å². The Bertz CT molecular complexity index is 579. The molecule has 0 amide bonds. The predicted octanol–water partition coefficient (Wildman–Crippen LogP) is 0.553. The third kappa shape index (κ3) is 3.20. The lowest BCUT2D eigenvalue weighted by Gasteiger charge is -2.29. The minimum atomic E-state index is -3.88. The summed E-state index contributed by atoms with van der Waals surface area (Å²) in [4.78, 5) is 10.8. The first-order valence-electron chi connectivity index (χ1n) is 6.26. The van der Waals surface area contributed by atoms with Crippen molar-refractivity contribution < 1.29 is 23.4 Å². The van der Waals surface area contributed by atoms with E-state index in [1.54, 1.807) is 13.8 Å². The van der Waals surface area contributed by atoms with Gasteiger partial charge in [0.2, 0.25) is 10.0 Å². The summed E-state index contributed by atoms with van der Waals surface area (Å²) in [6.45, 7) is 3.23. The monoisotopic (exact) mass is 304 g/mol. The van der Waals surface area contributed by atoms with Crippen LogP contribution in [-0.2, 0) is 17.1 Å². The Kier molecular flexibility index (Phi) is 4.95. The molecule has 1 aromatic rings. The van der Waals surface area contributed by atoms with E-state index in [1.165, 1.54) is 17.8 Å². The highest BCUT2D eigenvalue weighted by Crippen LogP contribution is 2.20. The Morgan fingerprint density at radius 2 is 1.95 bits per heavy atom. The fourth-order valence-corrected chi connectivity index (χ4v) is 3.49. The molecule has 1 rings (SSSR count). The number of nitrogens with zero attached hydrogens (tertiary/aromatic N) is 1. The summed E-state index contributed by atoms with van der Waals surface area (Å²) in [5.41, 5.74) is -1.05. The summed E-state index contributed by atoms with van der Waals surface area (Å²) >= 11 is 0. The van der Waals surface area contributed by atoms with Crippen molar-refractivity contribution in [2.75, 3.05) is 6.61 Å². The molecule has 20 heavy (non-hydrogen) atoms. The molecule has 0 aliphatic rings. The Balaban J connectivity index is 3.17. The number of aliphatic hydroxyl groups excluding tert-OH is 1. The number of sulfonamides is 1. The van der Waals surface area contributed by atoms with Gasteiger partial charge in [-0.15, -0.1) is 0 Å². The van der Waals surface area contributed by atoms with Crippen LogP contribution in [0.25, 0.3) is 0 Å². The van der Waals surface area contributed by atoms with Gasteiger partial charge in [-0.2, -0.15) is 0 Å². The summed E-state index contributed by atoms with van der Waals surface area (Å²) in [7, 11) is -2.42. The minimum absolute atomic E-state index is 0.118. The lowest BCUT2D eigenvalue weighted by molar-refractivity contribution is 0.0686. The Hall–Kier alpha value is -1.38. The quantitative estimate of drug-likeness (QED) is 0.682. The number of aliphatic hydroxyl groups is 1. The maximum absolute atomic E-state index is 12.3. The van der Waals surface area contributed by atoms with Gasteiger partial charge in [0.15, 0.2) is 0 Å². The van der Waals surface area contributed by atoms with E-state index in [2.05, 4.69) is 4.72 Å². The maximum atomic E-state index is 12.3. The van der Waals surface area contributed by atoms with Crippen LogP contribution >= 0.6 is 0 Å². The van der Waals surface area contributed by atoms with Gasteiger partial charge in [0.25, 0.3) is 0 Å². The molecule has 0 radical (unpaired) electrons. The number of aromatic nitrogens is 1. The van der Waals surface area contributed by atoms with Crippen molar-refractivity contribution >= 4 is 16.0 Å². The highest BCUT2D eigenvalue weighted by molar-refractivity contribution is 7.89. The lowest BCUT2D eigenvalue weighted by Crippen LogP contribution is -2.50. The van der Waals surface area contributed by atoms with Crippen molar-refractivity contribution in [3.05, 3.63) is 18.0 Å². The molecular formula is C12H20N2O5S. The van der Waals surface area contributed by atoms with Crippen molar-refractivity contribution in [3.8, 4) is 0 Å². The number of rotatable bonds is 7. The van der Waals surface area contributed by atoms with Crippen molar-refractivity contribution in [3.63, 3.8) is 0 Å². The zero-order valence-electron chi connectivity index (χ0n) is 11.8. The first kappa shape index (κ1) is 16.7. The van der Waals surface area contributed by atoms with E-state index in [4.69, 9.17) is 5.11 Å². The zero-order chi connectivity index (χ0) is 15.6. The molecule has 0 unspecified atom stereocenters. The number of nitrogens with one attached hydrogen (secondary N) is 1. The summed E-state index contributed by atoms with van der Waals surface area (Å²) in [6.07, 6.45) is 2.09. The summed E-state index contributed by atoms with van der Waals surface area (Å²) < 4.78 is 28.3. The normalized spacial score (nSPS) is 12.6. The fourth-order valence-electron chi connectivity index (χ4n) is 1.89. The van der Waals surface area contributed by atoms with E-state index in [1.807, 2.05) is 0 Å². The molecule has 3 N–H and O–H groups in total. The van der Waals surface area contributed by atoms with Gasteiger partial charge in [0.05, 0.1) is 12.1 Å². The van der Waals surface area contributed by atoms with Crippen LogP contribution in [0.15, 0.2) is 17.2 Å². The van der Waals surface area contributed by atoms with Gasteiger partial charge < -0.3 is 14.8 Å². The average Bonchev–Trinajstić information content (AvgIpc) is 2.79. The fraction of sp³-hybridized carbons (Fsp3) is 0.583. The van der Waals surface area contributed by atoms with Crippen LogP contribution in [0.1, 0.15) is 37.2 Å². The minimum Gasteiger partial charge on any atom is -0.477 e. The zero-order valence-corrected chi connectivity index (χ0v) is 12.6. The smallest absolute Gasteiger partial charge is 0.352 e.